The van der Waals surface area contributed by atoms with Crippen LogP contribution in [0.5, 0.6) is 5.75 Å². The van der Waals surface area contributed by atoms with Gasteiger partial charge < -0.3 is 15.2 Å². The molecule has 2 N–H and O–H groups in total. The second-order valence-corrected chi connectivity index (χ2v) is 5.26. The van der Waals surface area contributed by atoms with Crippen molar-refractivity contribution in [2.45, 2.75) is 19.4 Å². The first-order chi connectivity index (χ1) is 9.49. The smallest absolute Gasteiger partial charge is 0.293 e. The van der Waals surface area contributed by atoms with Crippen LogP contribution in [0.25, 0.3) is 0 Å². The minimum Gasteiger partial charge on any atom is -0.492 e. The maximum atomic E-state index is 11.0. The Bertz CT molecular complexity index is 473. The van der Waals surface area contributed by atoms with Gasteiger partial charge in [0.1, 0.15) is 11.4 Å². The lowest BCUT2D eigenvalue weighted by molar-refractivity contribution is -0.384. The normalized spacial score (nSPS) is 12.0. The minimum atomic E-state index is -0.778. The molecule has 0 aliphatic rings. The summed E-state index contributed by atoms with van der Waals surface area (Å²) in [5, 5.41) is 23.3. The number of hydrogen-bond donors (Lipinski definition) is 2. The Morgan fingerprint density at radius 3 is 2.85 bits per heavy atom. The summed E-state index contributed by atoms with van der Waals surface area (Å²) in [5.41, 5.74) is 0.191. The molecule has 0 radical (unpaired) electrons. The van der Waals surface area contributed by atoms with Crippen molar-refractivity contribution >= 4 is 38.9 Å². The quantitative estimate of drug-likeness (QED) is 0.419. The molecule has 6 nitrogen and oxygen atoms in total. The zero-order valence-corrected chi connectivity index (χ0v) is 13.3. The fourth-order valence-corrected chi connectivity index (χ4v) is 2.00. The third kappa shape index (κ3) is 4.81. The van der Waals surface area contributed by atoms with Crippen molar-refractivity contribution in [1.82, 2.24) is 0 Å². The first-order valence-electron chi connectivity index (χ1n) is 6.08. The van der Waals surface area contributed by atoms with Crippen LogP contribution in [0, 0.1) is 10.1 Å². The van der Waals surface area contributed by atoms with E-state index >= 15 is 0 Å². The van der Waals surface area contributed by atoms with Crippen molar-refractivity contribution in [3.05, 3.63) is 26.7 Å². The molecule has 0 saturated carbocycles. The van der Waals surface area contributed by atoms with E-state index in [0.29, 0.717) is 16.8 Å². The van der Waals surface area contributed by atoms with Crippen LogP contribution in [-0.2, 0) is 0 Å². The van der Waals surface area contributed by atoms with E-state index in [1.807, 2.05) is 6.92 Å². The molecule has 0 spiro atoms. The Hall–Kier alpha value is -1.05. The average molecular weight is 368 g/mol. The van der Waals surface area contributed by atoms with Crippen LogP contribution >= 0.6 is 27.5 Å². The number of hydrogen-bond acceptors (Lipinski definition) is 5. The third-order valence-corrected chi connectivity index (χ3v) is 3.39. The Balaban J connectivity index is 3.00. The standard InChI is InChI=1S/C12H16BrClN2O4/c1-2-3-20-12-5-10(15-7-8(17)6-14)11(16(18)19)4-9(12)13/h4-5,8,15,17H,2-3,6-7H2,1H3. The van der Waals surface area contributed by atoms with Crippen LogP contribution < -0.4 is 10.1 Å². The SMILES string of the molecule is CCCOc1cc(NCC(O)CCl)c([N+](=O)[O-])cc1Br. The summed E-state index contributed by atoms with van der Waals surface area (Å²) in [6.07, 6.45) is 0.0527. The van der Waals surface area contributed by atoms with Gasteiger partial charge in [0.15, 0.2) is 0 Å². The summed E-state index contributed by atoms with van der Waals surface area (Å²) in [7, 11) is 0. The van der Waals surface area contributed by atoms with Gasteiger partial charge in [-0.25, -0.2) is 0 Å². The van der Waals surface area contributed by atoms with E-state index in [9.17, 15) is 15.2 Å². The number of nitrogens with one attached hydrogen (secondary N) is 1. The van der Waals surface area contributed by atoms with Gasteiger partial charge in [-0.15, -0.1) is 11.6 Å². The van der Waals surface area contributed by atoms with Crippen molar-refractivity contribution in [3.63, 3.8) is 0 Å². The summed E-state index contributed by atoms with van der Waals surface area (Å²) in [6.45, 7) is 2.61. The van der Waals surface area contributed by atoms with Gasteiger partial charge in [0, 0.05) is 18.7 Å². The van der Waals surface area contributed by atoms with E-state index < -0.39 is 11.0 Å². The summed E-state index contributed by atoms with van der Waals surface area (Å²) >= 11 is 8.74. The predicted molar refractivity (Wildman–Crippen MR) is 81.8 cm³/mol. The van der Waals surface area contributed by atoms with Gasteiger partial charge in [0.2, 0.25) is 0 Å². The van der Waals surface area contributed by atoms with Gasteiger partial charge in [0.25, 0.3) is 5.69 Å². The molecule has 112 valence electrons. The molecule has 1 atom stereocenters. The highest BCUT2D eigenvalue weighted by molar-refractivity contribution is 9.10. The summed E-state index contributed by atoms with van der Waals surface area (Å²) in [5.74, 6) is 0.566. The van der Waals surface area contributed by atoms with Crippen LogP contribution in [0.4, 0.5) is 11.4 Å². The molecule has 8 heteroatoms. The van der Waals surface area contributed by atoms with Crippen LogP contribution in [0.1, 0.15) is 13.3 Å². The van der Waals surface area contributed by atoms with E-state index in [2.05, 4.69) is 21.2 Å². The molecule has 0 aromatic heterocycles. The van der Waals surface area contributed by atoms with Gasteiger partial charge in [-0.2, -0.15) is 0 Å². The van der Waals surface area contributed by atoms with E-state index in [0.717, 1.165) is 6.42 Å². The first kappa shape index (κ1) is 17.0. The van der Waals surface area contributed by atoms with Crippen LogP contribution in [0.3, 0.4) is 0 Å². The van der Waals surface area contributed by atoms with Crippen molar-refractivity contribution in [3.8, 4) is 5.75 Å². The van der Waals surface area contributed by atoms with Gasteiger partial charge in [-0.1, -0.05) is 6.92 Å². The zero-order chi connectivity index (χ0) is 15.1. The van der Waals surface area contributed by atoms with Gasteiger partial charge in [-0.3, -0.25) is 10.1 Å². The number of halogens is 2. The highest BCUT2D eigenvalue weighted by Gasteiger charge is 2.18. The largest absolute Gasteiger partial charge is 0.492 e. The number of nitrogens with zero attached hydrogens (tertiary/aromatic N) is 1. The number of aliphatic hydroxyl groups excluding tert-OH is 1. The molecule has 0 heterocycles. The maximum absolute atomic E-state index is 11.0. The molecule has 0 fully saturated rings. The zero-order valence-electron chi connectivity index (χ0n) is 10.9. The first-order valence-corrected chi connectivity index (χ1v) is 7.41. The lowest BCUT2D eigenvalue weighted by Gasteiger charge is -2.13. The number of alkyl halides is 1. The molecule has 1 unspecified atom stereocenters. The van der Waals surface area contributed by atoms with Crippen molar-refractivity contribution in [1.29, 1.82) is 0 Å². The number of nitro benzene ring substituents is 1. The number of anilines is 1. The molecular weight excluding hydrogens is 351 g/mol. The second-order valence-electron chi connectivity index (χ2n) is 4.09. The topological polar surface area (TPSA) is 84.6 Å². The van der Waals surface area contributed by atoms with Crippen molar-refractivity contribution in [2.75, 3.05) is 24.3 Å². The van der Waals surface area contributed by atoms with Gasteiger partial charge in [-0.05, 0) is 22.4 Å². The van der Waals surface area contributed by atoms with E-state index in [1.54, 1.807) is 6.07 Å². The molecular formula is C12H16BrClN2O4. The fourth-order valence-electron chi connectivity index (χ4n) is 1.44. The Morgan fingerprint density at radius 1 is 1.60 bits per heavy atom. The fraction of sp³-hybridized carbons (Fsp3) is 0.500. The second kappa shape index (κ2) is 8.28. The molecule has 1 rings (SSSR count). The van der Waals surface area contributed by atoms with Crippen molar-refractivity contribution < 1.29 is 14.8 Å². The van der Waals surface area contributed by atoms with E-state index in [1.165, 1.54) is 6.07 Å². The molecule has 0 aliphatic heterocycles. The van der Waals surface area contributed by atoms with Gasteiger partial charge >= 0.3 is 0 Å². The lowest BCUT2D eigenvalue weighted by atomic mass is 10.2. The van der Waals surface area contributed by atoms with E-state index in [-0.39, 0.29) is 23.8 Å². The summed E-state index contributed by atoms with van der Waals surface area (Å²) in [4.78, 5) is 10.5. The highest BCUT2D eigenvalue weighted by atomic mass is 79.9. The van der Waals surface area contributed by atoms with Crippen LogP contribution in [0.2, 0.25) is 0 Å². The van der Waals surface area contributed by atoms with E-state index in [4.69, 9.17) is 16.3 Å². The minimum absolute atomic E-state index is 0.0521. The summed E-state index contributed by atoms with van der Waals surface area (Å²) < 4.78 is 6.01. The molecule has 0 bridgehead atoms. The summed E-state index contributed by atoms with van der Waals surface area (Å²) in [6, 6.07) is 2.92. The molecule has 1 aromatic rings. The molecule has 0 amide bonds. The Morgan fingerprint density at radius 2 is 2.30 bits per heavy atom. The molecule has 20 heavy (non-hydrogen) atoms. The maximum Gasteiger partial charge on any atom is 0.293 e. The Labute approximate surface area is 130 Å². The van der Waals surface area contributed by atoms with Crippen molar-refractivity contribution in [2.24, 2.45) is 0 Å². The monoisotopic (exact) mass is 366 g/mol. The molecule has 1 aromatic carbocycles. The predicted octanol–water partition coefficient (Wildman–Crippen LogP) is 3.16. The molecule has 0 saturated heterocycles. The average Bonchev–Trinajstić information content (AvgIpc) is 2.43. The number of ether oxygens (including phenoxy) is 1. The number of nitro groups is 1. The molecule has 0 aliphatic carbocycles. The Kier molecular flexibility index (Phi) is 7.04. The highest BCUT2D eigenvalue weighted by Crippen LogP contribution is 2.36. The number of rotatable bonds is 8. The third-order valence-electron chi connectivity index (χ3n) is 2.41. The van der Waals surface area contributed by atoms with Crippen LogP contribution in [-0.4, -0.2) is 35.2 Å². The van der Waals surface area contributed by atoms with Crippen LogP contribution in [0.15, 0.2) is 16.6 Å². The lowest BCUT2D eigenvalue weighted by Crippen LogP contribution is -2.21. The van der Waals surface area contributed by atoms with Gasteiger partial charge in [0.05, 0.1) is 28.0 Å². The number of benzene rings is 1. The number of aliphatic hydroxyl groups is 1.